The maximum atomic E-state index is 11.7. The third-order valence-corrected chi connectivity index (χ3v) is 3.51. The van der Waals surface area contributed by atoms with Gasteiger partial charge in [-0.3, -0.25) is 4.79 Å². The smallest absolute Gasteiger partial charge is 0.244 e. The molecule has 0 bridgehead atoms. The second kappa shape index (κ2) is 6.57. The number of hydrogen-bond donors (Lipinski definition) is 2. The Balaban J connectivity index is 1.89. The van der Waals surface area contributed by atoms with Crippen LogP contribution in [0.25, 0.3) is 6.08 Å². The van der Waals surface area contributed by atoms with Gasteiger partial charge in [-0.05, 0) is 38.3 Å². The lowest BCUT2D eigenvalue weighted by Gasteiger charge is -2.36. The highest BCUT2D eigenvalue weighted by molar-refractivity contribution is 5.92. The van der Waals surface area contributed by atoms with Crippen molar-refractivity contribution in [2.75, 3.05) is 13.2 Å². The summed E-state index contributed by atoms with van der Waals surface area (Å²) in [5.41, 5.74) is 0.180. The van der Waals surface area contributed by atoms with E-state index in [1.807, 2.05) is 31.2 Å². The number of ether oxygens (including phenoxy) is 1. The summed E-state index contributed by atoms with van der Waals surface area (Å²) in [5.74, 6) is 0.563. The number of amides is 1. The summed E-state index contributed by atoms with van der Waals surface area (Å²) in [6, 6.07) is 7.57. The molecular weight excluding hydrogens is 254 g/mol. The molecule has 1 fully saturated rings. The Hall–Kier alpha value is -1.81. The molecule has 4 nitrogen and oxygen atoms in total. The molecular formula is C16H21NO3. The van der Waals surface area contributed by atoms with Gasteiger partial charge >= 0.3 is 0 Å². The summed E-state index contributed by atoms with van der Waals surface area (Å²) in [6.07, 6.45) is 5.77. The molecule has 2 N–H and O–H groups in total. The van der Waals surface area contributed by atoms with Gasteiger partial charge in [-0.1, -0.05) is 18.2 Å². The summed E-state index contributed by atoms with van der Waals surface area (Å²) in [7, 11) is 0. The molecule has 0 heterocycles. The largest absolute Gasteiger partial charge is 0.493 e. The fourth-order valence-corrected chi connectivity index (χ4v) is 2.14. The van der Waals surface area contributed by atoms with Crippen molar-refractivity contribution in [3.05, 3.63) is 35.9 Å². The van der Waals surface area contributed by atoms with E-state index in [9.17, 15) is 9.90 Å². The molecule has 108 valence electrons. The van der Waals surface area contributed by atoms with E-state index in [0.717, 1.165) is 30.6 Å². The van der Waals surface area contributed by atoms with Crippen molar-refractivity contribution in [3.63, 3.8) is 0 Å². The first-order chi connectivity index (χ1) is 9.63. The standard InChI is InChI=1S/C16H21NO3/c1-2-20-14-7-4-3-6-13(14)8-9-15(18)17-12-16(19)10-5-11-16/h3-4,6-9,19H,2,5,10-12H2,1H3,(H,17,18). The highest BCUT2D eigenvalue weighted by atomic mass is 16.5. The molecule has 0 radical (unpaired) electrons. The molecule has 0 atom stereocenters. The van der Waals surface area contributed by atoms with E-state index in [1.165, 1.54) is 6.08 Å². The first kappa shape index (κ1) is 14.6. The third-order valence-electron chi connectivity index (χ3n) is 3.51. The molecule has 0 aromatic heterocycles. The number of hydrogen-bond acceptors (Lipinski definition) is 3. The van der Waals surface area contributed by atoms with Gasteiger partial charge in [0.1, 0.15) is 5.75 Å². The van der Waals surface area contributed by atoms with E-state index < -0.39 is 5.60 Å². The van der Waals surface area contributed by atoms with Gasteiger partial charge in [-0.2, -0.15) is 0 Å². The normalized spacial score (nSPS) is 16.7. The Bertz CT molecular complexity index is 492. The van der Waals surface area contributed by atoms with Crippen LogP contribution < -0.4 is 10.1 Å². The molecule has 4 heteroatoms. The average molecular weight is 275 g/mol. The second-order valence-corrected chi connectivity index (χ2v) is 5.10. The zero-order valence-corrected chi connectivity index (χ0v) is 11.8. The van der Waals surface area contributed by atoms with Crippen molar-refractivity contribution in [2.24, 2.45) is 0 Å². The summed E-state index contributed by atoms with van der Waals surface area (Å²) in [6.45, 7) is 2.83. The fraction of sp³-hybridized carbons (Fsp3) is 0.438. The molecule has 1 aliphatic carbocycles. The highest BCUT2D eigenvalue weighted by Gasteiger charge is 2.34. The Morgan fingerprint density at radius 3 is 2.85 bits per heavy atom. The lowest BCUT2D eigenvalue weighted by atomic mass is 9.80. The second-order valence-electron chi connectivity index (χ2n) is 5.10. The van der Waals surface area contributed by atoms with Crippen LogP contribution in [0.1, 0.15) is 31.7 Å². The molecule has 0 aliphatic heterocycles. The van der Waals surface area contributed by atoms with Gasteiger partial charge in [0.2, 0.25) is 5.91 Å². The van der Waals surface area contributed by atoms with Crippen LogP contribution in [0.2, 0.25) is 0 Å². The maximum Gasteiger partial charge on any atom is 0.244 e. The van der Waals surface area contributed by atoms with Crippen LogP contribution in [-0.2, 0) is 4.79 Å². The lowest BCUT2D eigenvalue weighted by Crippen LogP contribution is -2.47. The number of carbonyl (C=O) groups excluding carboxylic acids is 1. The van der Waals surface area contributed by atoms with E-state index in [-0.39, 0.29) is 5.91 Å². The zero-order valence-electron chi connectivity index (χ0n) is 11.8. The molecule has 0 spiro atoms. The van der Waals surface area contributed by atoms with Gasteiger partial charge in [0.15, 0.2) is 0 Å². The Kier molecular flexibility index (Phi) is 4.79. The molecule has 0 unspecified atom stereocenters. The van der Waals surface area contributed by atoms with E-state index in [2.05, 4.69) is 5.32 Å². The number of rotatable bonds is 6. The van der Waals surface area contributed by atoms with Gasteiger partial charge < -0.3 is 15.2 Å². The van der Waals surface area contributed by atoms with E-state index in [4.69, 9.17) is 4.74 Å². The molecule has 0 saturated heterocycles. The summed E-state index contributed by atoms with van der Waals surface area (Å²) in [4.78, 5) is 11.7. The van der Waals surface area contributed by atoms with Gasteiger partial charge in [-0.15, -0.1) is 0 Å². The third kappa shape index (κ3) is 3.84. The number of carbonyl (C=O) groups is 1. The van der Waals surface area contributed by atoms with E-state index in [0.29, 0.717) is 13.2 Å². The monoisotopic (exact) mass is 275 g/mol. The minimum Gasteiger partial charge on any atom is -0.493 e. The van der Waals surface area contributed by atoms with Crippen molar-refractivity contribution in [3.8, 4) is 5.75 Å². The molecule has 1 saturated carbocycles. The van der Waals surface area contributed by atoms with Gasteiger partial charge in [-0.25, -0.2) is 0 Å². The number of para-hydroxylation sites is 1. The minimum atomic E-state index is -0.688. The predicted molar refractivity (Wildman–Crippen MR) is 78.5 cm³/mol. The lowest BCUT2D eigenvalue weighted by molar-refractivity contribution is -0.118. The Morgan fingerprint density at radius 2 is 2.20 bits per heavy atom. The summed E-state index contributed by atoms with van der Waals surface area (Å²) >= 11 is 0. The molecule has 1 aromatic carbocycles. The van der Waals surface area contributed by atoms with Crippen LogP contribution in [0.5, 0.6) is 5.75 Å². The van der Waals surface area contributed by atoms with Crippen LogP contribution in [-0.4, -0.2) is 29.8 Å². The van der Waals surface area contributed by atoms with Gasteiger partial charge in [0.25, 0.3) is 0 Å². The number of nitrogens with one attached hydrogen (secondary N) is 1. The SMILES string of the molecule is CCOc1ccccc1C=CC(=O)NCC1(O)CCC1. The maximum absolute atomic E-state index is 11.7. The fourth-order valence-electron chi connectivity index (χ4n) is 2.14. The van der Waals surface area contributed by atoms with Gasteiger partial charge in [0, 0.05) is 18.2 Å². The van der Waals surface area contributed by atoms with Crippen LogP contribution in [0.4, 0.5) is 0 Å². The van der Waals surface area contributed by atoms with Crippen LogP contribution >= 0.6 is 0 Å². The zero-order chi connectivity index (χ0) is 14.4. The molecule has 20 heavy (non-hydrogen) atoms. The van der Waals surface area contributed by atoms with Crippen molar-refractivity contribution in [2.45, 2.75) is 31.8 Å². The molecule has 1 amide bonds. The van der Waals surface area contributed by atoms with Gasteiger partial charge in [0.05, 0.1) is 12.2 Å². The quantitative estimate of drug-likeness (QED) is 0.782. The molecule has 2 rings (SSSR count). The number of aliphatic hydroxyl groups is 1. The van der Waals surface area contributed by atoms with Crippen LogP contribution in [0.15, 0.2) is 30.3 Å². The van der Waals surface area contributed by atoms with Crippen molar-refractivity contribution < 1.29 is 14.6 Å². The van der Waals surface area contributed by atoms with E-state index >= 15 is 0 Å². The predicted octanol–water partition coefficient (Wildman–Crippen LogP) is 2.13. The summed E-state index contributed by atoms with van der Waals surface area (Å²) in [5, 5.41) is 12.6. The summed E-state index contributed by atoms with van der Waals surface area (Å²) < 4.78 is 5.49. The first-order valence-corrected chi connectivity index (χ1v) is 7.03. The minimum absolute atomic E-state index is 0.198. The number of benzene rings is 1. The Labute approximate surface area is 119 Å². The average Bonchev–Trinajstić information content (AvgIpc) is 2.42. The Morgan fingerprint density at radius 1 is 1.45 bits per heavy atom. The topological polar surface area (TPSA) is 58.6 Å². The molecule has 1 aliphatic rings. The van der Waals surface area contributed by atoms with Crippen molar-refractivity contribution >= 4 is 12.0 Å². The molecule has 1 aromatic rings. The van der Waals surface area contributed by atoms with Crippen LogP contribution in [0, 0.1) is 0 Å². The van der Waals surface area contributed by atoms with Crippen molar-refractivity contribution in [1.82, 2.24) is 5.32 Å². The highest BCUT2D eigenvalue weighted by Crippen LogP contribution is 2.30. The first-order valence-electron chi connectivity index (χ1n) is 7.03. The van der Waals surface area contributed by atoms with Crippen LogP contribution in [0.3, 0.4) is 0 Å². The van der Waals surface area contributed by atoms with E-state index in [1.54, 1.807) is 6.08 Å². The van der Waals surface area contributed by atoms with Crippen molar-refractivity contribution in [1.29, 1.82) is 0 Å².